The Labute approximate surface area is 165 Å². The second-order valence-corrected chi connectivity index (χ2v) is 7.14. The van der Waals surface area contributed by atoms with E-state index in [0.717, 1.165) is 48.4 Å². The number of methoxy groups -OCH3 is 1. The number of aliphatic hydroxyl groups is 1. The van der Waals surface area contributed by atoms with Gasteiger partial charge in [-0.25, -0.2) is 0 Å². The third-order valence-corrected chi connectivity index (χ3v) is 5.54. The van der Waals surface area contributed by atoms with Crippen molar-refractivity contribution in [3.63, 3.8) is 0 Å². The molecule has 1 N–H and O–H groups in total. The number of nitrogens with zero attached hydrogens (tertiary/aromatic N) is 3. The summed E-state index contributed by atoms with van der Waals surface area (Å²) in [6.45, 7) is 1.84. The predicted octanol–water partition coefficient (Wildman–Crippen LogP) is 3.56. The summed E-state index contributed by atoms with van der Waals surface area (Å²) in [5.41, 5.74) is 1.13. The Balaban J connectivity index is 1.97. The quantitative estimate of drug-likeness (QED) is 0.714. The zero-order valence-electron chi connectivity index (χ0n) is 16.0. The molecule has 28 heavy (non-hydrogen) atoms. The minimum atomic E-state index is -1.32. The minimum Gasteiger partial charge on any atom is -0.496 e. The van der Waals surface area contributed by atoms with E-state index in [1.807, 2.05) is 48.5 Å². The van der Waals surface area contributed by atoms with Gasteiger partial charge in [-0.15, -0.1) is 0 Å². The van der Waals surface area contributed by atoms with Gasteiger partial charge >= 0.3 is 0 Å². The SMILES string of the molecule is COc1ccccc1C(N1CCCC1)C(O)(c1cccnc1)c1cccnc1. The van der Waals surface area contributed by atoms with Crippen LogP contribution in [0.2, 0.25) is 0 Å². The van der Waals surface area contributed by atoms with Crippen LogP contribution in [-0.4, -0.2) is 40.2 Å². The zero-order chi connectivity index (χ0) is 19.4. The van der Waals surface area contributed by atoms with Crippen molar-refractivity contribution in [2.24, 2.45) is 0 Å². The summed E-state index contributed by atoms with van der Waals surface area (Å²) < 4.78 is 5.68. The lowest BCUT2D eigenvalue weighted by atomic mass is 9.77. The molecule has 3 aromatic rings. The van der Waals surface area contributed by atoms with Gasteiger partial charge in [-0.05, 0) is 44.1 Å². The Hall–Kier alpha value is -2.76. The molecular weight excluding hydrogens is 350 g/mol. The second-order valence-electron chi connectivity index (χ2n) is 7.14. The average molecular weight is 375 g/mol. The topological polar surface area (TPSA) is 58.5 Å². The van der Waals surface area contributed by atoms with E-state index in [9.17, 15) is 5.11 Å². The van der Waals surface area contributed by atoms with Crippen molar-refractivity contribution in [3.05, 3.63) is 90.0 Å². The van der Waals surface area contributed by atoms with Crippen LogP contribution in [0, 0.1) is 0 Å². The van der Waals surface area contributed by atoms with Crippen LogP contribution in [0.3, 0.4) is 0 Å². The first-order valence-electron chi connectivity index (χ1n) is 9.65. The molecule has 2 aromatic heterocycles. The summed E-state index contributed by atoms with van der Waals surface area (Å²) in [4.78, 5) is 10.9. The molecule has 0 radical (unpaired) electrons. The van der Waals surface area contributed by atoms with Crippen LogP contribution in [0.5, 0.6) is 5.75 Å². The molecule has 1 unspecified atom stereocenters. The van der Waals surface area contributed by atoms with E-state index in [1.54, 1.807) is 31.9 Å². The van der Waals surface area contributed by atoms with Gasteiger partial charge < -0.3 is 9.84 Å². The van der Waals surface area contributed by atoms with Crippen LogP contribution in [0.15, 0.2) is 73.3 Å². The Kier molecular flexibility index (Phi) is 5.37. The average Bonchev–Trinajstić information content (AvgIpc) is 3.29. The molecule has 1 aromatic carbocycles. The number of likely N-dealkylation sites (tertiary alicyclic amines) is 1. The molecule has 5 nitrogen and oxygen atoms in total. The summed E-state index contributed by atoms with van der Waals surface area (Å²) in [6.07, 6.45) is 9.16. The summed E-state index contributed by atoms with van der Waals surface area (Å²) in [5, 5.41) is 12.4. The Morgan fingerprint density at radius 1 is 0.929 bits per heavy atom. The largest absolute Gasteiger partial charge is 0.496 e. The molecule has 144 valence electrons. The molecule has 1 aliphatic rings. The summed E-state index contributed by atoms with van der Waals surface area (Å²) in [6, 6.07) is 15.2. The number of hydrogen-bond donors (Lipinski definition) is 1. The fourth-order valence-corrected chi connectivity index (χ4v) is 4.24. The Morgan fingerprint density at radius 3 is 2.07 bits per heavy atom. The number of aromatic nitrogens is 2. The third-order valence-electron chi connectivity index (χ3n) is 5.54. The van der Waals surface area contributed by atoms with Gasteiger partial charge in [0.2, 0.25) is 0 Å². The third kappa shape index (κ3) is 3.28. The van der Waals surface area contributed by atoms with Gasteiger partial charge in [0, 0.05) is 41.5 Å². The van der Waals surface area contributed by atoms with Crippen molar-refractivity contribution in [2.45, 2.75) is 24.5 Å². The van der Waals surface area contributed by atoms with Crippen LogP contribution in [-0.2, 0) is 5.60 Å². The van der Waals surface area contributed by atoms with Gasteiger partial charge in [-0.2, -0.15) is 0 Å². The smallest absolute Gasteiger partial charge is 0.137 e. The maximum Gasteiger partial charge on any atom is 0.137 e. The lowest BCUT2D eigenvalue weighted by molar-refractivity contribution is -0.0161. The normalized spacial score (nSPS) is 16.1. The van der Waals surface area contributed by atoms with Crippen molar-refractivity contribution in [3.8, 4) is 5.75 Å². The van der Waals surface area contributed by atoms with Crippen LogP contribution in [0.4, 0.5) is 0 Å². The van der Waals surface area contributed by atoms with Gasteiger partial charge in [0.15, 0.2) is 0 Å². The van der Waals surface area contributed by atoms with E-state index >= 15 is 0 Å². The van der Waals surface area contributed by atoms with Crippen LogP contribution in [0.25, 0.3) is 0 Å². The molecule has 0 saturated carbocycles. The van der Waals surface area contributed by atoms with Crippen molar-refractivity contribution in [1.29, 1.82) is 0 Å². The first kappa shape index (κ1) is 18.6. The molecule has 3 heterocycles. The highest BCUT2D eigenvalue weighted by molar-refractivity contribution is 5.44. The first-order valence-corrected chi connectivity index (χ1v) is 9.65. The highest BCUT2D eigenvalue weighted by Gasteiger charge is 2.46. The predicted molar refractivity (Wildman–Crippen MR) is 108 cm³/mol. The van der Waals surface area contributed by atoms with Gasteiger partial charge in [0.05, 0.1) is 13.2 Å². The van der Waals surface area contributed by atoms with Crippen molar-refractivity contribution < 1.29 is 9.84 Å². The fraction of sp³-hybridized carbons (Fsp3) is 0.304. The highest BCUT2D eigenvalue weighted by Crippen LogP contribution is 2.47. The van der Waals surface area contributed by atoms with Gasteiger partial charge in [0.1, 0.15) is 11.4 Å². The van der Waals surface area contributed by atoms with Gasteiger partial charge in [-0.1, -0.05) is 30.3 Å². The molecule has 4 rings (SSSR count). The molecule has 0 amide bonds. The van der Waals surface area contributed by atoms with E-state index in [2.05, 4.69) is 14.9 Å². The second kappa shape index (κ2) is 8.09. The molecule has 0 spiro atoms. The maximum atomic E-state index is 12.4. The van der Waals surface area contributed by atoms with Crippen molar-refractivity contribution in [1.82, 2.24) is 14.9 Å². The molecule has 1 aliphatic heterocycles. The van der Waals surface area contributed by atoms with E-state index in [4.69, 9.17) is 4.74 Å². The highest BCUT2D eigenvalue weighted by atomic mass is 16.5. The Bertz CT molecular complexity index is 856. The molecule has 1 fully saturated rings. The molecule has 1 saturated heterocycles. The van der Waals surface area contributed by atoms with E-state index in [-0.39, 0.29) is 6.04 Å². The lowest BCUT2D eigenvalue weighted by Crippen LogP contribution is -2.44. The number of rotatable bonds is 6. The van der Waals surface area contributed by atoms with Crippen molar-refractivity contribution in [2.75, 3.05) is 20.2 Å². The minimum absolute atomic E-state index is 0.320. The number of para-hydroxylation sites is 1. The van der Waals surface area contributed by atoms with E-state index in [0.29, 0.717) is 0 Å². The van der Waals surface area contributed by atoms with Crippen LogP contribution in [0.1, 0.15) is 35.6 Å². The standard InChI is InChI=1S/C23H25N3O2/c1-28-21-11-3-2-10-20(21)22(26-14-4-5-15-26)23(27,18-8-6-12-24-16-18)19-9-7-13-25-17-19/h2-3,6-13,16-17,22,27H,4-5,14-15H2,1H3. The lowest BCUT2D eigenvalue weighted by Gasteiger charge is -2.42. The van der Waals surface area contributed by atoms with Crippen molar-refractivity contribution >= 4 is 0 Å². The summed E-state index contributed by atoms with van der Waals surface area (Å²) in [5.74, 6) is 0.769. The molecule has 1 atom stereocenters. The molecule has 5 heteroatoms. The zero-order valence-corrected chi connectivity index (χ0v) is 16.0. The number of hydrogen-bond acceptors (Lipinski definition) is 5. The van der Waals surface area contributed by atoms with Crippen LogP contribution < -0.4 is 4.74 Å². The summed E-state index contributed by atoms with van der Waals surface area (Å²) in [7, 11) is 1.67. The number of ether oxygens (including phenoxy) is 1. The molecule has 0 aliphatic carbocycles. The van der Waals surface area contributed by atoms with E-state index < -0.39 is 5.60 Å². The van der Waals surface area contributed by atoms with Gasteiger partial charge in [-0.3, -0.25) is 14.9 Å². The Morgan fingerprint density at radius 2 is 1.54 bits per heavy atom. The molecular formula is C23H25N3O2. The summed E-state index contributed by atoms with van der Waals surface area (Å²) >= 11 is 0. The van der Waals surface area contributed by atoms with Crippen LogP contribution >= 0.6 is 0 Å². The van der Waals surface area contributed by atoms with Gasteiger partial charge in [0.25, 0.3) is 0 Å². The monoisotopic (exact) mass is 375 g/mol. The number of benzene rings is 1. The molecule has 0 bridgehead atoms. The maximum absolute atomic E-state index is 12.4. The van der Waals surface area contributed by atoms with E-state index in [1.165, 1.54) is 0 Å². The fourth-order valence-electron chi connectivity index (χ4n) is 4.24. The first-order chi connectivity index (χ1) is 13.7. The number of pyridine rings is 2.